The van der Waals surface area contributed by atoms with Gasteiger partial charge >= 0.3 is 0 Å². The first-order chi connectivity index (χ1) is 8.16. The van der Waals surface area contributed by atoms with E-state index in [9.17, 15) is 4.79 Å². The second-order valence-corrected chi connectivity index (χ2v) is 4.80. The van der Waals surface area contributed by atoms with Crippen LogP contribution in [0.25, 0.3) is 0 Å². The summed E-state index contributed by atoms with van der Waals surface area (Å²) in [6.07, 6.45) is 7.28. The first kappa shape index (κ1) is 18.2. The molecule has 2 unspecified atom stereocenters. The molecular weight excluding hydrogens is 285 g/mol. The zero-order chi connectivity index (χ0) is 12.3. The van der Waals surface area contributed by atoms with E-state index in [1.165, 1.54) is 0 Å². The van der Waals surface area contributed by atoms with Crippen LogP contribution < -0.4 is 11.1 Å². The summed E-state index contributed by atoms with van der Waals surface area (Å²) in [6, 6.07) is 2.01. The molecular formula is C13H21Cl2N3O. The zero-order valence-corrected chi connectivity index (χ0v) is 12.6. The summed E-state index contributed by atoms with van der Waals surface area (Å²) in [4.78, 5) is 16.1. The van der Waals surface area contributed by atoms with Crippen molar-refractivity contribution in [2.75, 3.05) is 5.32 Å². The Morgan fingerprint density at radius 3 is 2.79 bits per heavy atom. The normalized spacial score (nSPS) is 21.8. The minimum Gasteiger partial charge on any atom is -0.328 e. The number of pyridine rings is 1. The first-order valence-corrected chi connectivity index (χ1v) is 6.14. The average molecular weight is 306 g/mol. The molecule has 2 atom stereocenters. The highest BCUT2D eigenvalue weighted by molar-refractivity contribution is 5.93. The number of nitrogens with zero attached hydrogens (tertiary/aromatic N) is 1. The Kier molecular flexibility index (Phi) is 7.99. The lowest BCUT2D eigenvalue weighted by Crippen LogP contribution is -2.34. The van der Waals surface area contributed by atoms with Crippen LogP contribution in [0, 0.1) is 12.8 Å². The molecule has 1 aromatic rings. The van der Waals surface area contributed by atoms with Crippen molar-refractivity contribution in [1.29, 1.82) is 0 Å². The summed E-state index contributed by atoms with van der Waals surface area (Å²) in [6.45, 7) is 1.94. The van der Waals surface area contributed by atoms with Crippen molar-refractivity contribution in [1.82, 2.24) is 4.98 Å². The van der Waals surface area contributed by atoms with Gasteiger partial charge in [-0.1, -0.05) is 6.42 Å². The highest BCUT2D eigenvalue weighted by atomic mass is 35.5. The Hall–Kier alpha value is -0.840. The summed E-state index contributed by atoms with van der Waals surface area (Å²) in [5, 5.41) is 2.97. The fourth-order valence-corrected chi connectivity index (χ4v) is 2.31. The minimum atomic E-state index is 0. The molecule has 0 saturated heterocycles. The van der Waals surface area contributed by atoms with E-state index in [-0.39, 0.29) is 42.7 Å². The van der Waals surface area contributed by atoms with Gasteiger partial charge in [-0.05, 0) is 37.8 Å². The number of rotatable bonds is 2. The fourth-order valence-electron chi connectivity index (χ4n) is 2.31. The van der Waals surface area contributed by atoms with E-state index >= 15 is 0 Å². The maximum atomic E-state index is 12.1. The van der Waals surface area contributed by atoms with Gasteiger partial charge in [0.15, 0.2) is 0 Å². The number of hydrogen-bond acceptors (Lipinski definition) is 3. The van der Waals surface area contributed by atoms with E-state index < -0.39 is 0 Å². The molecule has 1 amide bonds. The van der Waals surface area contributed by atoms with E-state index in [2.05, 4.69) is 10.3 Å². The second kappa shape index (κ2) is 8.35. The van der Waals surface area contributed by atoms with E-state index in [1.807, 2.05) is 13.0 Å². The molecule has 1 aromatic heterocycles. The van der Waals surface area contributed by atoms with Crippen molar-refractivity contribution >= 4 is 36.4 Å². The number of aryl methyl sites for hydroxylation is 1. The van der Waals surface area contributed by atoms with Crippen molar-refractivity contribution in [3.05, 3.63) is 24.0 Å². The predicted molar refractivity (Wildman–Crippen MR) is 82.0 cm³/mol. The average Bonchev–Trinajstić information content (AvgIpc) is 2.32. The van der Waals surface area contributed by atoms with Crippen molar-refractivity contribution < 1.29 is 4.79 Å². The lowest BCUT2D eigenvalue weighted by Gasteiger charge is -2.25. The zero-order valence-electron chi connectivity index (χ0n) is 11.0. The maximum Gasteiger partial charge on any atom is 0.227 e. The predicted octanol–water partition coefficient (Wildman–Crippen LogP) is 2.69. The van der Waals surface area contributed by atoms with Crippen LogP contribution in [0.5, 0.6) is 0 Å². The van der Waals surface area contributed by atoms with Crippen LogP contribution in [0.2, 0.25) is 0 Å². The molecule has 1 heterocycles. The van der Waals surface area contributed by atoms with E-state index in [4.69, 9.17) is 5.73 Å². The van der Waals surface area contributed by atoms with Crippen molar-refractivity contribution in [2.45, 2.75) is 38.6 Å². The number of amides is 1. The molecule has 4 nitrogen and oxygen atoms in total. The molecule has 0 bridgehead atoms. The van der Waals surface area contributed by atoms with Gasteiger partial charge in [-0.25, -0.2) is 0 Å². The maximum absolute atomic E-state index is 12.1. The molecule has 0 spiro atoms. The molecule has 0 aromatic carbocycles. The van der Waals surface area contributed by atoms with Gasteiger partial charge in [0.2, 0.25) is 5.91 Å². The fraction of sp³-hybridized carbons (Fsp3) is 0.538. The van der Waals surface area contributed by atoms with Crippen LogP contribution in [0.1, 0.15) is 31.2 Å². The number of aromatic nitrogens is 1. The SMILES string of the molecule is Cc1cnccc1NC(=O)C1CCCC(N)C1.Cl.Cl. The van der Waals surface area contributed by atoms with Crippen LogP contribution in [-0.4, -0.2) is 16.9 Å². The molecule has 19 heavy (non-hydrogen) atoms. The van der Waals surface area contributed by atoms with Crippen LogP contribution in [-0.2, 0) is 4.79 Å². The van der Waals surface area contributed by atoms with Gasteiger partial charge < -0.3 is 11.1 Å². The monoisotopic (exact) mass is 305 g/mol. The molecule has 1 saturated carbocycles. The summed E-state index contributed by atoms with van der Waals surface area (Å²) >= 11 is 0. The van der Waals surface area contributed by atoms with Crippen molar-refractivity contribution in [2.24, 2.45) is 11.7 Å². The second-order valence-electron chi connectivity index (χ2n) is 4.80. The standard InChI is InChI=1S/C13H19N3O.2ClH/c1-9-8-15-6-5-12(9)16-13(17)10-3-2-4-11(14)7-10;;/h5-6,8,10-11H,2-4,7,14H2,1H3,(H,15,16,17);2*1H. The lowest BCUT2D eigenvalue weighted by atomic mass is 9.85. The Morgan fingerprint density at radius 1 is 1.42 bits per heavy atom. The quantitative estimate of drug-likeness (QED) is 0.882. The molecule has 1 aliphatic carbocycles. The summed E-state index contributed by atoms with van der Waals surface area (Å²) in [5.41, 5.74) is 7.73. The Balaban J connectivity index is 0.00000162. The number of nitrogens with two attached hydrogens (primary N) is 1. The molecule has 1 fully saturated rings. The van der Waals surface area contributed by atoms with Gasteiger partial charge in [-0.15, -0.1) is 24.8 Å². The largest absolute Gasteiger partial charge is 0.328 e. The third kappa shape index (κ3) is 4.97. The third-order valence-electron chi connectivity index (χ3n) is 3.36. The van der Waals surface area contributed by atoms with Gasteiger partial charge in [0.1, 0.15) is 0 Å². The van der Waals surface area contributed by atoms with E-state index in [1.54, 1.807) is 12.4 Å². The number of hydrogen-bond donors (Lipinski definition) is 2. The number of anilines is 1. The van der Waals surface area contributed by atoms with Crippen molar-refractivity contribution in [3.8, 4) is 0 Å². The smallest absolute Gasteiger partial charge is 0.227 e. The first-order valence-electron chi connectivity index (χ1n) is 6.14. The van der Waals surface area contributed by atoms with Gasteiger partial charge in [0.25, 0.3) is 0 Å². The third-order valence-corrected chi connectivity index (χ3v) is 3.36. The number of halogens is 2. The molecule has 1 aliphatic rings. The lowest BCUT2D eigenvalue weighted by molar-refractivity contribution is -0.120. The number of carbonyl (C=O) groups excluding carboxylic acids is 1. The number of nitrogens with one attached hydrogen (secondary N) is 1. The molecule has 2 rings (SSSR count). The summed E-state index contributed by atoms with van der Waals surface area (Å²) < 4.78 is 0. The summed E-state index contributed by atoms with van der Waals surface area (Å²) in [5.74, 6) is 0.153. The van der Waals surface area contributed by atoms with Crippen LogP contribution in [0.15, 0.2) is 18.5 Å². The van der Waals surface area contributed by atoms with Gasteiger partial charge in [0, 0.05) is 30.0 Å². The highest BCUT2D eigenvalue weighted by Gasteiger charge is 2.25. The molecule has 3 N–H and O–H groups in total. The van der Waals surface area contributed by atoms with Gasteiger partial charge in [-0.2, -0.15) is 0 Å². The number of carbonyl (C=O) groups is 1. The van der Waals surface area contributed by atoms with Gasteiger partial charge in [-0.3, -0.25) is 9.78 Å². The Bertz CT molecular complexity index is 415. The van der Waals surface area contributed by atoms with Gasteiger partial charge in [0.05, 0.1) is 0 Å². The summed E-state index contributed by atoms with van der Waals surface area (Å²) in [7, 11) is 0. The Labute approximate surface area is 126 Å². The van der Waals surface area contributed by atoms with Crippen LogP contribution in [0.4, 0.5) is 5.69 Å². The Morgan fingerprint density at radius 2 is 2.16 bits per heavy atom. The van der Waals surface area contributed by atoms with E-state index in [0.717, 1.165) is 36.9 Å². The topological polar surface area (TPSA) is 68.0 Å². The van der Waals surface area contributed by atoms with E-state index in [0.29, 0.717) is 0 Å². The molecule has 0 aliphatic heterocycles. The van der Waals surface area contributed by atoms with Crippen molar-refractivity contribution in [3.63, 3.8) is 0 Å². The molecule has 6 heteroatoms. The van der Waals surface area contributed by atoms with Crippen LogP contribution >= 0.6 is 24.8 Å². The molecule has 108 valence electrons. The van der Waals surface area contributed by atoms with Crippen LogP contribution in [0.3, 0.4) is 0 Å². The minimum absolute atomic E-state index is 0. The highest BCUT2D eigenvalue weighted by Crippen LogP contribution is 2.24. The molecule has 0 radical (unpaired) electrons.